The minimum Gasteiger partial charge on any atom is -1.00 e. The van der Waals surface area contributed by atoms with E-state index in [1.165, 1.54) is 18.2 Å². The summed E-state index contributed by atoms with van der Waals surface area (Å²) in [7, 11) is 0. The first kappa shape index (κ1) is 11.1. The van der Waals surface area contributed by atoms with E-state index >= 15 is 0 Å². The van der Waals surface area contributed by atoms with E-state index in [4.69, 9.17) is 0 Å². The molecule has 1 heterocycles. The van der Waals surface area contributed by atoms with Crippen LogP contribution in [0.4, 0.5) is 5.69 Å². The lowest BCUT2D eigenvalue weighted by Gasteiger charge is -2.02. The molecule has 1 aliphatic heterocycles. The van der Waals surface area contributed by atoms with Crippen molar-refractivity contribution >= 4 is 17.6 Å². The molecule has 0 aromatic heterocycles. The first-order valence-electron chi connectivity index (χ1n) is 3.58. The summed E-state index contributed by atoms with van der Waals surface area (Å²) in [6.45, 7) is 0. The van der Waals surface area contributed by atoms with Crippen molar-refractivity contribution < 1.29 is 43.8 Å². The standard InChI is InChI=1S/C8H5NO4.HI/c10-7-4-2-1-3-5(9-12)6(4)8(11)13-7;/h1-3H,9H2;1H/p-1. The lowest BCUT2D eigenvalue weighted by Crippen LogP contribution is -3.00. The Kier molecular flexibility index (Phi) is 3.19. The van der Waals surface area contributed by atoms with Crippen molar-refractivity contribution in [2.45, 2.75) is 0 Å². The summed E-state index contributed by atoms with van der Waals surface area (Å²) in [5, 5.41) is 10.5. The lowest BCUT2D eigenvalue weighted by atomic mass is 10.1. The summed E-state index contributed by atoms with van der Waals surface area (Å²) in [4.78, 5) is 22.0. The van der Waals surface area contributed by atoms with E-state index in [0.717, 1.165) is 0 Å². The molecule has 0 amide bonds. The Hall–Kier alpha value is -0.990. The van der Waals surface area contributed by atoms with Gasteiger partial charge in [-0.1, -0.05) is 6.07 Å². The van der Waals surface area contributed by atoms with E-state index in [1.807, 2.05) is 0 Å². The summed E-state index contributed by atoms with van der Waals surface area (Å²) >= 11 is 0. The Morgan fingerprint density at radius 1 is 1.21 bits per heavy atom. The Balaban J connectivity index is 0.000000980. The van der Waals surface area contributed by atoms with Crippen LogP contribution in [0.25, 0.3) is 0 Å². The Morgan fingerprint density at radius 2 is 1.93 bits per heavy atom. The van der Waals surface area contributed by atoms with Gasteiger partial charge in [-0.15, -0.1) is 0 Å². The van der Waals surface area contributed by atoms with Crippen molar-refractivity contribution in [1.82, 2.24) is 0 Å². The average molecular weight is 306 g/mol. The number of esters is 2. The molecule has 6 heteroatoms. The third-order valence-corrected chi connectivity index (χ3v) is 1.83. The van der Waals surface area contributed by atoms with Gasteiger partial charge in [0.1, 0.15) is 11.3 Å². The molecule has 1 aromatic carbocycles. The first-order valence-corrected chi connectivity index (χ1v) is 3.58. The minimum absolute atomic E-state index is 0. The number of nitrogens with two attached hydrogens (primary N) is 1. The number of hydrogen-bond donors (Lipinski definition) is 1. The molecule has 2 N–H and O–H groups in total. The molecule has 0 radical (unpaired) electrons. The number of benzene rings is 1. The van der Waals surface area contributed by atoms with Gasteiger partial charge in [0.05, 0.1) is 5.56 Å². The highest BCUT2D eigenvalue weighted by Crippen LogP contribution is 2.23. The van der Waals surface area contributed by atoms with E-state index in [2.05, 4.69) is 4.74 Å². The van der Waals surface area contributed by atoms with Crippen LogP contribution in [0.15, 0.2) is 18.2 Å². The molecule has 5 nitrogen and oxygen atoms in total. The molecule has 0 saturated heterocycles. The zero-order valence-electron chi connectivity index (χ0n) is 6.82. The van der Waals surface area contributed by atoms with Crippen LogP contribution in [0.5, 0.6) is 0 Å². The second kappa shape index (κ2) is 4.03. The average Bonchev–Trinajstić information content (AvgIpc) is 2.43. The number of hydrogen-bond acceptors (Lipinski definition) is 4. The molecule has 0 aliphatic carbocycles. The van der Waals surface area contributed by atoms with Crippen LogP contribution >= 0.6 is 0 Å². The van der Waals surface area contributed by atoms with E-state index in [0.29, 0.717) is 5.48 Å². The van der Waals surface area contributed by atoms with Gasteiger partial charge in [0.25, 0.3) is 0 Å². The van der Waals surface area contributed by atoms with Crippen LogP contribution in [0.2, 0.25) is 0 Å². The minimum atomic E-state index is -0.748. The molecule has 0 atom stereocenters. The van der Waals surface area contributed by atoms with Crippen molar-refractivity contribution in [2.24, 2.45) is 0 Å². The number of fused-ring (bicyclic) bond motifs is 1. The molecule has 0 spiro atoms. The molecule has 0 saturated carbocycles. The Morgan fingerprint density at radius 3 is 2.57 bits per heavy atom. The molecule has 1 aromatic rings. The maximum atomic E-state index is 11.1. The lowest BCUT2D eigenvalue weighted by molar-refractivity contribution is -0.497. The summed E-state index contributed by atoms with van der Waals surface area (Å²) in [6.07, 6.45) is 0. The summed E-state index contributed by atoms with van der Waals surface area (Å²) in [5.74, 6) is -1.44. The Bertz CT molecular complexity index is 404. The second-order valence-corrected chi connectivity index (χ2v) is 2.56. The third-order valence-electron chi connectivity index (χ3n) is 1.83. The van der Waals surface area contributed by atoms with Gasteiger partial charge in [0.2, 0.25) is 0 Å². The van der Waals surface area contributed by atoms with Crippen molar-refractivity contribution in [2.75, 3.05) is 0 Å². The van der Waals surface area contributed by atoms with E-state index in [-0.39, 0.29) is 40.8 Å². The highest BCUT2D eigenvalue weighted by atomic mass is 127. The van der Waals surface area contributed by atoms with Gasteiger partial charge in [-0.25, -0.2) is 9.59 Å². The number of ether oxygens (including phenoxy) is 1. The van der Waals surface area contributed by atoms with Crippen LogP contribution in [0.3, 0.4) is 0 Å². The largest absolute Gasteiger partial charge is 1.00 e. The van der Waals surface area contributed by atoms with Crippen molar-refractivity contribution in [3.63, 3.8) is 0 Å². The van der Waals surface area contributed by atoms with Crippen LogP contribution < -0.4 is 29.5 Å². The molecule has 74 valence electrons. The molecule has 0 unspecified atom stereocenters. The van der Waals surface area contributed by atoms with Crippen LogP contribution in [0.1, 0.15) is 20.7 Å². The van der Waals surface area contributed by atoms with E-state index < -0.39 is 11.9 Å². The fraction of sp³-hybridized carbons (Fsp3) is 0. The van der Waals surface area contributed by atoms with E-state index in [1.54, 1.807) is 0 Å². The number of cyclic esters (lactones) is 2. The normalized spacial score (nSPS) is 13.2. The van der Waals surface area contributed by atoms with Crippen LogP contribution in [-0.4, -0.2) is 11.9 Å². The van der Waals surface area contributed by atoms with Crippen molar-refractivity contribution in [3.05, 3.63) is 34.5 Å². The molecule has 0 fully saturated rings. The zero-order chi connectivity index (χ0) is 9.42. The van der Waals surface area contributed by atoms with Crippen LogP contribution in [0, 0.1) is 5.21 Å². The summed E-state index contributed by atoms with van der Waals surface area (Å²) < 4.78 is 4.34. The highest BCUT2D eigenvalue weighted by Gasteiger charge is 2.33. The Labute approximate surface area is 96.0 Å². The highest BCUT2D eigenvalue weighted by molar-refractivity contribution is 6.16. The first-order chi connectivity index (χ1) is 6.24. The maximum Gasteiger partial charge on any atom is 0.353 e. The molecular formula is C8H5INO4-. The predicted octanol–water partition coefficient (Wildman–Crippen LogP) is -3.31. The molecule has 2 rings (SSSR count). The summed E-state index contributed by atoms with van der Waals surface area (Å²) in [6, 6.07) is 4.45. The number of halogens is 1. The zero-order valence-corrected chi connectivity index (χ0v) is 8.98. The van der Waals surface area contributed by atoms with Crippen LogP contribution in [-0.2, 0) is 4.74 Å². The fourth-order valence-corrected chi connectivity index (χ4v) is 1.26. The topological polar surface area (TPSA) is 83.0 Å². The van der Waals surface area contributed by atoms with Gasteiger partial charge in [-0.05, 0) is 6.07 Å². The van der Waals surface area contributed by atoms with Crippen molar-refractivity contribution in [3.8, 4) is 0 Å². The smallest absolute Gasteiger partial charge is 0.353 e. The predicted molar refractivity (Wildman–Crippen MR) is 41.1 cm³/mol. The number of rotatable bonds is 1. The number of quaternary nitrogens is 1. The van der Waals surface area contributed by atoms with E-state index in [9.17, 15) is 14.8 Å². The van der Waals surface area contributed by atoms with Gasteiger partial charge in [0.15, 0.2) is 0 Å². The van der Waals surface area contributed by atoms with Gasteiger partial charge in [-0.3, -0.25) is 0 Å². The molecular weight excluding hydrogens is 301 g/mol. The quantitative estimate of drug-likeness (QED) is 0.194. The van der Waals surface area contributed by atoms with Gasteiger partial charge in [-0.2, -0.15) is 0 Å². The van der Waals surface area contributed by atoms with Gasteiger partial charge in [0, 0.05) is 6.07 Å². The van der Waals surface area contributed by atoms with Gasteiger partial charge >= 0.3 is 11.9 Å². The van der Waals surface area contributed by atoms with Crippen molar-refractivity contribution in [1.29, 1.82) is 0 Å². The number of carbonyl (C=O) groups excluding carboxylic acids is 2. The second-order valence-electron chi connectivity index (χ2n) is 2.56. The monoisotopic (exact) mass is 306 g/mol. The molecule has 14 heavy (non-hydrogen) atoms. The summed E-state index contributed by atoms with van der Waals surface area (Å²) in [5.41, 5.74) is 0.948. The maximum absolute atomic E-state index is 11.1. The SMILES string of the molecule is O=C1OC(=O)c2c([NH2+][O-])cccc21.[I-]. The third kappa shape index (κ3) is 1.51. The van der Waals surface area contributed by atoms with Gasteiger partial charge < -0.3 is 39.4 Å². The molecule has 0 bridgehead atoms. The number of carbonyl (C=O) groups is 2. The molecule has 1 aliphatic rings. The fourth-order valence-electron chi connectivity index (χ4n) is 1.26.